The summed E-state index contributed by atoms with van der Waals surface area (Å²) in [7, 11) is 0. The van der Waals surface area contributed by atoms with Crippen molar-refractivity contribution in [3.63, 3.8) is 0 Å². The zero-order valence-corrected chi connectivity index (χ0v) is 6.28. The summed E-state index contributed by atoms with van der Waals surface area (Å²) in [6, 6.07) is 0. The minimum Gasteiger partial charge on any atom is -0.427 e. The van der Waals surface area contributed by atoms with Gasteiger partial charge < -0.3 is 9.47 Å². The molecule has 0 aromatic rings. The van der Waals surface area contributed by atoms with Gasteiger partial charge in [0.2, 0.25) is 6.29 Å². The molecule has 0 rings (SSSR count). The van der Waals surface area contributed by atoms with Gasteiger partial charge in [-0.2, -0.15) is 0 Å². The van der Waals surface area contributed by atoms with Gasteiger partial charge in [-0.05, 0) is 0 Å². The first kappa shape index (κ1) is 9.68. The summed E-state index contributed by atoms with van der Waals surface area (Å²) >= 11 is 0. The van der Waals surface area contributed by atoms with Crippen LogP contribution in [0.15, 0.2) is 12.7 Å². The third-order valence-corrected chi connectivity index (χ3v) is 0.955. The van der Waals surface area contributed by atoms with Gasteiger partial charge in [-0.1, -0.05) is 13.5 Å². The largest absolute Gasteiger partial charge is 0.427 e. The summed E-state index contributed by atoms with van der Waals surface area (Å²) in [5.41, 5.74) is 0. The molecule has 1 unspecified atom stereocenters. The van der Waals surface area contributed by atoms with Gasteiger partial charge in [0.1, 0.15) is 0 Å². The Labute approximate surface area is 64.8 Å². The molecule has 0 fully saturated rings. The van der Waals surface area contributed by atoms with Crippen LogP contribution in [0.2, 0.25) is 0 Å². The van der Waals surface area contributed by atoms with Gasteiger partial charge >= 0.3 is 5.97 Å². The predicted octanol–water partition coefficient (Wildman–Crippen LogP) is 0.625. The van der Waals surface area contributed by atoms with Crippen molar-refractivity contribution in [2.45, 2.75) is 19.6 Å². The summed E-state index contributed by atoms with van der Waals surface area (Å²) in [5, 5.41) is 0. The van der Waals surface area contributed by atoms with Crippen molar-refractivity contribution in [3.8, 4) is 0 Å². The van der Waals surface area contributed by atoms with Gasteiger partial charge in [0.15, 0.2) is 0 Å². The zero-order valence-electron chi connectivity index (χ0n) is 6.28. The molecule has 0 aliphatic heterocycles. The molecule has 11 heavy (non-hydrogen) atoms. The molecule has 0 amide bonds. The number of hydrogen-bond donors (Lipinski definition) is 0. The van der Waals surface area contributed by atoms with E-state index in [9.17, 15) is 9.59 Å². The molecule has 0 aromatic carbocycles. The van der Waals surface area contributed by atoms with Gasteiger partial charge in [0.25, 0.3) is 6.47 Å². The molecule has 0 spiro atoms. The van der Waals surface area contributed by atoms with Crippen molar-refractivity contribution < 1.29 is 19.1 Å². The molecule has 62 valence electrons. The van der Waals surface area contributed by atoms with Crippen molar-refractivity contribution in [2.24, 2.45) is 0 Å². The van der Waals surface area contributed by atoms with Crippen molar-refractivity contribution in [3.05, 3.63) is 12.7 Å². The summed E-state index contributed by atoms with van der Waals surface area (Å²) in [5.74, 6) is -0.598. The lowest BCUT2D eigenvalue weighted by molar-refractivity contribution is -0.175. The lowest BCUT2D eigenvalue weighted by atomic mass is 10.5. The van der Waals surface area contributed by atoms with E-state index < -0.39 is 12.3 Å². The zero-order chi connectivity index (χ0) is 8.69. The third-order valence-electron chi connectivity index (χ3n) is 0.955. The van der Waals surface area contributed by atoms with E-state index in [2.05, 4.69) is 16.1 Å². The van der Waals surface area contributed by atoms with E-state index in [0.717, 1.165) is 6.08 Å². The van der Waals surface area contributed by atoms with Gasteiger partial charge in [-0.15, -0.1) is 0 Å². The number of carbonyl (C=O) groups is 2. The van der Waals surface area contributed by atoms with Gasteiger partial charge in [-0.3, -0.25) is 4.79 Å². The fourth-order valence-electron chi connectivity index (χ4n) is 0.447. The minimum atomic E-state index is -0.794. The molecular weight excluding hydrogens is 148 g/mol. The lowest BCUT2D eigenvalue weighted by Crippen LogP contribution is -2.18. The number of rotatable bonds is 5. The van der Waals surface area contributed by atoms with Crippen molar-refractivity contribution in [1.29, 1.82) is 0 Å². The summed E-state index contributed by atoms with van der Waals surface area (Å²) < 4.78 is 8.97. The van der Waals surface area contributed by atoms with Crippen molar-refractivity contribution in [2.75, 3.05) is 0 Å². The second-order valence-electron chi connectivity index (χ2n) is 1.71. The third kappa shape index (κ3) is 4.13. The van der Waals surface area contributed by atoms with Crippen LogP contribution in [0.25, 0.3) is 0 Å². The molecule has 1 atom stereocenters. The predicted molar refractivity (Wildman–Crippen MR) is 37.5 cm³/mol. The van der Waals surface area contributed by atoms with E-state index in [-0.39, 0.29) is 6.47 Å². The van der Waals surface area contributed by atoms with Crippen LogP contribution in [0, 0.1) is 0 Å². The van der Waals surface area contributed by atoms with Crippen LogP contribution >= 0.6 is 0 Å². The first-order valence-corrected chi connectivity index (χ1v) is 3.16. The van der Waals surface area contributed by atoms with Crippen LogP contribution in [-0.2, 0) is 19.1 Å². The molecule has 0 radical (unpaired) electrons. The quantitative estimate of drug-likeness (QED) is 0.255. The maximum absolute atomic E-state index is 10.5. The Morgan fingerprint density at radius 1 is 1.73 bits per heavy atom. The Morgan fingerprint density at radius 3 is 2.73 bits per heavy atom. The van der Waals surface area contributed by atoms with E-state index in [4.69, 9.17) is 0 Å². The number of hydrogen-bond acceptors (Lipinski definition) is 4. The molecule has 4 heteroatoms. The molecule has 0 heterocycles. The molecule has 0 saturated heterocycles. The van der Waals surface area contributed by atoms with Gasteiger partial charge in [-0.25, -0.2) is 4.79 Å². The first-order chi connectivity index (χ1) is 5.24. The fourth-order valence-corrected chi connectivity index (χ4v) is 0.447. The van der Waals surface area contributed by atoms with Crippen LogP contribution in [0.4, 0.5) is 0 Å². The molecule has 4 nitrogen and oxygen atoms in total. The maximum Gasteiger partial charge on any atom is 0.333 e. The highest BCUT2D eigenvalue weighted by atomic mass is 16.7. The Balaban J connectivity index is 3.75. The average Bonchev–Trinajstić information content (AvgIpc) is 2.03. The standard InChI is InChI=1S/C7H10O4/c1-3-6(9)11-7(4-2)10-5-8/h3,5,7H,1,4H2,2H3. The topological polar surface area (TPSA) is 52.6 Å². The SMILES string of the molecule is C=CC(=O)OC(CC)OC=O. The summed E-state index contributed by atoms with van der Waals surface area (Å²) in [6.07, 6.45) is 0.646. The van der Waals surface area contributed by atoms with E-state index in [1.54, 1.807) is 6.92 Å². The molecule has 0 saturated carbocycles. The Bertz CT molecular complexity index is 153. The molecule has 0 N–H and O–H groups in total. The van der Waals surface area contributed by atoms with Crippen LogP contribution in [0.1, 0.15) is 13.3 Å². The normalized spacial score (nSPS) is 11.4. The van der Waals surface area contributed by atoms with Crippen molar-refractivity contribution >= 4 is 12.4 Å². The van der Waals surface area contributed by atoms with E-state index in [0.29, 0.717) is 6.42 Å². The minimum absolute atomic E-state index is 0.241. The van der Waals surface area contributed by atoms with E-state index >= 15 is 0 Å². The maximum atomic E-state index is 10.5. The first-order valence-electron chi connectivity index (χ1n) is 3.16. The molecule has 0 aliphatic carbocycles. The van der Waals surface area contributed by atoms with Gasteiger partial charge in [0.05, 0.1) is 0 Å². The van der Waals surface area contributed by atoms with Crippen LogP contribution in [0.3, 0.4) is 0 Å². The summed E-state index contributed by atoms with van der Waals surface area (Å²) in [4.78, 5) is 20.3. The number of carbonyl (C=O) groups excluding carboxylic acids is 2. The highest BCUT2D eigenvalue weighted by molar-refractivity contribution is 5.81. The van der Waals surface area contributed by atoms with Crippen LogP contribution in [0.5, 0.6) is 0 Å². The number of ether oxygens (including phenoxy) is 2. The Kier molecular flexibility index (Phi) is 4.81. The van der Waals surface area contributed by atoms with Gasteiger partial charge in [0, 0.05) is 12.5 Å². The fraction of sp³-hybridized carbons (Fsp3) is 0.429. The second-order valence-corrected chi connectivity index (χ2v) is 1.71. The highest BCUT2D eigenvalue weighted by Gasteiger charge is 2.09. The molecule has 0 bridgehead atoms. The number of esters is 1. The molecular formula is C7H10O4. The second kappa shape index (κ2) is 5.46. The Morgan fingerprint density at radius 2 is 2.36 bits per heavy atom. The van der Waals surface area contributed by atoms with Crippen molar-refractivity contribution in [1.82, 2.24) is 0 Å². The van der Waals surface area contributed by atoms with Crippen LogP contribution in [-0.4, -0.2) is 18.7 Å². The lowest BCUT2D eigenvalue weighted by Gasteiger charge is -2.11. The Hall–Kier alpha value is -1.32. The summed E-state index contributed by atoms with van der Waals surface area (Å²) in [6.45, 7) is 5.16. The monoisotopic (exact) mass is 158 g/mol. The van der Waals surface area contributed by atoms with E-state index in [1.165, 1.54) is 0 Å². The molecule has 0 aromatic heterocycles. The smallest absolute Gasteiger partial charge is 0.333 e. The van der Waals surface area contributed by atoms with E-state index in [1.807, 2.05) is 0 Å². The van der Waals surface area contributed by atoms with Crippen LogP contribution < -0.4 is 0 Å². The average molecular weight is 158 g/mol. The highest BCUT2D eigenvalue weighted by Crippen LogP contribution is 1.98. The molecule has 0 aliphatic rings.